The van der Waals surface area contributed by atoms with Crippen molar-refractivity contribution >= 4 is 10.0 Å². The van der Waals surface area contributed by atoms with Gasteiger partial charge in [-0.3, -0.25) is 5.10 Å². The molecule has 7 nitrogen and oxygen atoms in total. The van der Waals surface area contributed by atoms with Gasteiger partial charge in [-0.25, -0.2) is 8.42 Å². The lowest BCUT2D eigenvalue weighted by Gasteiger charge is -2.25. The lowest BCUT2D eigenvalue weighted by molar-refractivity contribution is 0.171. The number of rotatable bonds is 7. The molecule has 1 rings (SSSR count). The van der Waals surface area contributed by atoms with Gasteiger partial charge in [0.2, 0.25) is 10.0 Å². The Morgan fingerprint density at radius 1 is 1.47 bits per heavy atom. The van der Waals surface area contributed by atoms with E-state index in [1.54, 1.807) is 14.0 Å². The molecular formula is C11H22N4O3S. The molecule has 0 fully saturated rings. The van der Waals surface area contributed by atoms with E-state index in [2.05, 4.69) is 10.2 Å². The third-order valence-corrected chi connectivity index (χ3v) is 5.09. The van der Waals surface area contributed by atoms with Gasteiger partial charge in [0.05, 0.1) is 18.0 Å². The van der Waals surface area contributed by atoms with Gasteiger partial charge >= 0.3 is 0 Å². The second kappa shape index (κ2) is 6.47. The van der Waals surface area contributed by atoms with Crippen LogP contribution in [0.2, 0.25) is 0 Å². The second-order valence-corrected chi connectivity index (χ2v) is 6.36. The van der Waals surface area contributed by atoms with Gasteiger partial charge in [-0.2, -0.15) is 9.40 Å². The summed E-state index contributed by atoms with van der Waals surface area (Å²) < 4.78 is 31.8. The summed E-state index contributed by atoms with van der Waals surface area (Å²) in [6.45, 7) is 6.04. The first-order chi connectivity index (χ1) is 8.86. The molecular weight excluding hydrogens is 268 g/mol. The molecule has 0 unspecified atom stereocenters. The zero-order valence-corrected chi connectivity index (χ0v) is 12.6. The minimum atomic E-state index is -3.62. The largest absolute Gasteiger partial charge is 0.383 e. The van der Waals surface area contributed by atoms with E-state index in [4.69, 9.17) is 10.5 Å². The number of hydrogen-bond donors (Lipinski definition) is 2. The van der Waals surface area contributed by atoms with Crippen molar-refractivity contribution < 1.29 is 13.2 Å². The molecule has 110 valence electrons. The third kappa shape index (κ3) is 3.33. The molecule has 0 aliphatic heterocycles. The highest BCUT2D eigenvalue weighted by Crippen LogP contribution is 2.23. The van der Waals surface area contributed by atoms with Gasteiger partial charge in [-0.05, 0) is 20.8 Å². The fourth-order valence-corrected chi connectivity index (χ4v) is 3.87. The monoisotopic (exact) mass is 290 g/mol. The molecule has 0 spiro atoms. The van der Waals surface area contributed by atoms with Crippen molar-refractivity contribution in [2.75, 3.05) is 20.3 Å². The predicted octanol–water partition coefficient (Wildman–Crippen LogP) is 0.222. The van der Waals surface area contributed by atoms with E-state index in [0.29, 0.717) is 24.5 Å². The Bertz CT molecular complexity index is 510. The smallest absolute Gasteiger partial charge is 0.247 e. The van der Waals surface area contributed by atoms with Crippen LogP contribution in [0.3, 0.4) is 0 Å². The van der Waals surface area contributed by atoms with E-state index in [1.807, 2.05) is 13.8 Å². The molecule has 0 aliphatic rings. The number of aromatic amines is 1. The number of aromatic nitrogens is 2. The number of nitrogens with one attached hydrogen (secondary N) is 1. The van der Waals surface area contributed by atoms with Crippen LogP contribution in [0.5, 0.6) is 0 Å². The van der Waals surface area contributed by atoms with E-state index in [9.17, 15) is 8.42 Å². The maximum Gasteiger partial charge on any atom is 0.247 e. The van der Waals surface area contributed by atoms with Gasteiger partial charge in [0, 0.05) is 26.2 Å². The van der Waals surface area contributed by atoms with Gasteiger partial charge in [0.15, 0.2) is 0 Å². The van der Waals surface area contributed by atoms with E-state index in [-0.39, 0.29) is 17.5 Å². The molecule has 0 aromatic carbocycles. The van der Waals surface area contributed by atoms with Crippen LogP contribution in [0, 0.1) is 6.92 Å². The molecule has 0 aliphatic carbocycles. The molecule has 8 heteroatoms. The SMILES string of the molecule is COCCN(C(C)C)S(=O)(=O)c1c(CN)n[nH]c1C. The number of hydrogen-bond acceptors (Lipinski definition) is 5. The van der Waals surface area contributed by atoms with Gasteiger partial charge in [-0.1, -0.05) is 0 Å². The Morgan fingerprint density at radius 2 is 2.11 bits per heavy atom. The van der Waals surface area contributed by atoms with Crippen molar-refractivity contribution in [2.45, 2.75) is 38.3 Å². The van der Waals surface area contributed by atoms with Crippen molar-refractivity contribution in [3.8, 4) is 0 Å². The van der Waals surface area contributed by atoms with Crippen molar-refractivity contribution in [1.29, 1.82) is 0 Å². The number of methoxy groups -OCH3 is 1. The van der Waals surface area contributed by atoms with E-state index >= 15 is 0 Å². The van der Waals surface area contributed by atoms with Crippen LogP contribution in [0.25, 0.3) is 0 Å². The van der Waals surface area contributed by atoms with Crippen molar-refractivity contribution in [3.05, 3.63) is 11.4 Å². The highest BCUT2D eigenvalue weighted by atomic mass is 32.2. The molecule has 1 heterocycles. The lowest BCUT2D eigenvalue weighted by Crippen LogP contribution is -2.39. The first-order valence-electron chi connectivity index (χ1n) is 6.11. The number of H-pyrrole nitrogens is 1. The van der Waals surface area contributed by atoms with Gasteiger partial charge in [0.1, 0.15) is 4.90 Å². The first-order valence-corrected chi connectivity index (χ1v) is 7.55. The molecule has 1 aromatic rings. The summed E-state index contributed by atoms with van der Waals surface area (Å²) in [5.74, 6) is 0. The Labute approximate surface area is 114 Å². The average molecular weight is 290 g/mol. The number of sulfonamides is 1. The predicted molar refractivity (Wildman–Crippen MR) is 72.1 cm³/mol. The zero-order valence-electron chi connectivity index (χ0n) is 11.8. The van der Waals surface area contributed by atoms with Crippen LogP contribution in [0.1, 0.15) is 25.2 Å². The Balaban J connectivity index is 3.22. The van der Waals surface area contributed by atoms with Crippen LogP contribution in [-0.2, 0) is 21.3 Å². The van der Waals surface area contributed by atoms with Crippen molar-refractivity contribution in [1.82, 2.24) is 14.5 Å². The second-order valence-electron chi connectivity index (χ2n) is 4.53. The fraction of sp³-hybridized carbons (Fsp3) is 0.727. The Hall–Kier alpha value is -0.960. The summed E-state index contributed by atoms with van der Waals surface area (Å²) in [4.78, 5) is 0.180. The normalized spacial score (nSPS) is 12.6. The summed E-state index contributed by atoms with van der Waals surface area (Å²) in [6, 6.07) is -0.167. The number of nitrogens with two attached hydrogens (primary N) is 1. The quantitative estimate of drug-likeness (QED) is 0.748. The lowest BCUT2D eigenvalue weighted by atomic mass is 10.4. The summed E-state index contributed by atoms with van der Waals surface area (Å²) in [7, 11) is -2.08. The Morgan fingerprint density at radius 3 is 2.58 bits per heavy atom. The van der Waals surface area contributed by atoms with Crippen molar-refractivity contribution in [2.24, 2.45) is 5.73 Å². The Kier molecular flexibility index (Phi) is 5.48. The number of ether oxygens (including phenoxy) is 1. The fourth-order valence-electron chi connectivity index (χ4n) is 1.90. The van der Waals surface area contributed by atoms with E-state index in [0.717, 1.165) is 0 Å². The highest BCUT2D eigenvalue weighted by Gasteiger charge is 2.31. The molecule has 0 atom stereocenters. The molecule has 3 N–H and O–H groups in total. The molecule has 0 saturated carbocycles. The van der Waals surface area contributed by atoms with Gasteiger partial charge < -0.3 is 10.5 Å². The summed E-state index contributed by atoms with van der Waals surface area (Å²) in [5.41, 5.74) is 6.41. The first kappa shape index (κ1) is 16.1. The van der Waals surface area contributed by atoms with Crippen LogP contribution in [0.15, 0.2) is 4.90 Å². The minimum Gasteiger partial charge on any atom is -0.383 e. The maximum absolute atomic E-state index is 12.7. The standard InChI is InChI=1S/C11H22N4O3S/c1-8(2)15(5-6-18-4)19(16,17)11-9(3)13-14-10(11)7-12/h8H,5-7,12H2,1-4H3,(H,13,14). The van der Waals surface area contributed by atoms with E-state index in [1.165, 1.54) is 4.31 Å². The molecule has 19 heavy (non-hydrogen) atoms. The van der Waals surface area contributed by atoms with Crippen LogP contribution >= 0.6 is 0 Å². The summed E-state index contributed by atoms with van der Waals surface area (Å²) >= 11 is 0. The maximum atomic E-state index is 12.7. The van der Waals surface area contributed by atoms with Crippen molar-refractivity contribution in [3.63, 3.8) is 0 Å². The molecule has 0 amide bonds. The summed E-state index contributed by atoms with van der Waals surface area (Å²) in [5, 5.41) is 6.61. The van der Waals surface area contributed by atoms with Gasteiger partial charge in [-0.15, -0.1) is 0 Å². The highest BCUT2D eigenvalue weighted by molar-refractivity contribution is 7.89. The minimum absolute atomic E-state index is 0.0785. The van der Waals surface area contributed by atoms with E-state index < -0.39 is 10.0 Å². The third-order valence-electron chi connectivity index (χ3n) is 2.81. The van der Waals surface area contributed by atoms with Gasteiger partial charge in [0.25, 0.3) is 0 Å². The molecule has 0 saturated heterocycles. The zero-order chi connectivity index (χ0) is 14.6. The average Bonchev–Trinajstić information content (AvgIpc) is 2.70. The molecule has 0 radical (unpaired) electrons. The topological polar surface area (TPSA) is 101 Å². The van der Waals surface area contributed by atoms with Crippen LogP contribution < -0.4 is 5.73 Å². The van der Waals surface area contributed by atoms with Crippen LogP contribution in [0.4, 0.5) is 0 Å². The number of nitrogens with zero attached hydrogens (tertiary/aromatic N) is 2. The molecule has 1 aromatic heterocycles. The summed E-state index contributed by atoms with van der Waals surface area (Å²) in [6.07, 6.45) is 0. The van der Waals surface area contributed by atoms with Crippen LogP contribution in [-0.4, -0.2) is 49.2 Å². The molecule has 0 bridgehead atoms. The number of aryl methyl sites for hydroxylation is 1.